The Morgan fingerprint density at radius 2 is 1.71 bits per heavy atom. The van der Waals surface area contributed by atoms with Gasteiger partial charge in [-0.15, -0.1) is 0 Å². The van der Waals surface area contributed by atoms with Gasteiger partial charge < -0.3 is 0 Å². The third-order valence-corrected chi connectivity index (χ3v) is 4.10. The van der Waals surface area contributed by atoms with Crippen LogP contribution in [0.2, 0.25) is 0 Å². The van der Waals surface area contributed by atoms with Gasteiger partial charge in [-0.25, -0.2) is 0 Å². The lowest BCUT2D eigenvalue weighted by Gasteiger charge is -2.12. The van der Waals surface area contributed by atoms with Crippen molar-refractivity contribution in [2.24, 2.45) is 0 Å². The van der Waals surface area contributed by atoms with Crippen molar-refractivity contribution in [1.82, 2.24) is 0 Å². The molecule has 0 radical (unpaired) electrons. The summed E-state index contributed by atoms with van der Waals surface area (Å²) in [5, 5.41) is 0. The minimum Gasteiger partial charge on any atom is -0.0622 e. The Morgan fingerprint density at radius 1 is 0.941 bits per heavy atom. The second kappa shape index (κ2) is 4.15. The van der Waals surface area contributed by atoms with Gasteiger partial charge in [-0.1, -0.05) is 71.4 Å². The van der Waals surface area contributed by atoms with Crippen LogP contribution in [-0.2, 0) is 0 Å². The zero-order valence-electron chi connectivity index (χ0n) is 9.65. The standard InChI is InChI=1S/C16H13Br/c1-11-14(12-6-3-2-4-7-12)10-13-8-5-9-15(17)16(11)13/h2-11H,1H3. The first kappa shape index (κ1) is 10.8. The van der Waals surface area contributed by atoms with Crippen molar-refractivity contribution in [2.75, 3.05) is 0 Å². The summed E-state index contributed by atoms with van der Waals surface area (Å²) in [6.07, 6.45) is 2.31. The fraction of sp³-hybridized carbons (Fsp3) is 0.125. The van der Waals surface area contributed by atoms with Crippen LogP contribution in [0.25, 0.3) is 11.6 Å². The summed E-state index contributed by atoms with van der Waals surface area (Å²) in [5.74, 6) is 0.461. The molecule has 1 aliphatic rings. The van der Waals surface area contributed by atoms with Crippen molar-refractivity contribution in [3.63, 3.8) is 0 Å². The van der Waals surface area contributed by atoms with Gasteiger partial charge in [-0.05, 0) is 28.3 Å². The summed E-state index contributed by atoms with van der Waals surface area (Å²) in [6, 6.07) is 17.0. The first-order valence-electron chi connectivity index (χ1n) is 5.83. The van der Waals surface area contributed by atoms with Crippen LogP contribution in [-0.4, -0.2) is 0 Å². The topological polar surface area (TPSA) is 0 Å². The molecule has 0 fully saturated rings. The van der Waals surface area contributed by atoms with E-state index in [1.165, 1.54) is 26.7 Å². The molecular formula is C16H13Br. The second-order valence-electron chi connectivity index (χ2n) is 4.43. The number of fused-ring (bicyclic) bond motifs is 1. The number of hydrogen-bond donors (Lipinski definition) is 0. The van der Waals surface area contributed by atoms with Crippen molar-refractivity contribution in [1.29, 1.82) is 0 Å². The van der Waals surface area contributed by atoms with E-state index in [1.54, 1.807) is 0 Å². The van der Waals surface area contributed by atoms with Gasteiger partial charge in [-0.3, -0.25) is 0 Å². The molecule has 2 aromatic carbocycles. The smallest absolute Gasteiger partial charge is 0.0219 e. The Labute approximate surface area is 110 Å². The molecule has 1 unspecified atom stereocenters. The van der Waals surface area contributed by atoms with E-state index in [0.717, 1.165) is 0 Å². The summed E-state index contributed by atoms with van der Waals surface area (Å²) >= 11 is 3.65. The van der Waals surface area contributed by atoms with Crippen LogP contribution in [0.15, 0.2) is 53.0 Å². The summed E-state index contributed by atoms with van der Waals surface area (Å²) in [4.78, 5) is 0. The lowest BCUT2D eigenvalue weighted by atomic mass is 9.93. The average molecular weight is 285 g/mol. The quantitative estimate of drug-likeness (QED) is 0.683. The van der Waals surface area contributed by atoms with Crippen LogP contribution >= 0.6 is 15.9 Å². The number of benzene rings is 2. The highest BCUT2D eigenvalue weighted by Gasteiger charge is 2.23. The van der Waals surface area contributed by atoms with E-state index in [4.69, 9.17) is 0 Å². The zero-order chi connectivity index (χ0) is 11.8. The molecule has 0 amide bonds. The van der Waals surface area contributed by atoms with Gasteiger partial charge in [0.25, 0.3) is 0 Å². The van der Waals surface area contributed by atoms with E-state index in [9.17, 15) is 0 Å². The second-order valence-corrected chi connectivity index (χ2v) is 5.28. The van der Waals surface area contributed by atoms with Gasteiger partial charge in [0.15, 0.2) is 0 Å². The maximum atomic E-state index is 3.65. The van der Waals surface area contributed by atoms with Gasteiger partial charge in [0.2, 0.25) is 0 Å². The van der Waals surface area contributed by atoms with Crippen molar-refractivity contribution in [2.45, 2.75) is 12.8 Å². The van der Waals surface area contributed by atoms with Crippen LogP contribution < -0.4 is 0 Å². The monoisotopic (exact) mass is 284 g/mol. The lowest BCUT2D eigenvalue weighted by Crippen LogP contribution is -1.94. The van der Waals surface area contributed by atoms with E-state index < -0.39 is 0 Å². The maximum absolute atomic E-state index is 3.65. The molecular weight excluding hydrogens is 272 g/mol. The molecule has 0 aromatic heterocycles. The molecule has 84 valence electrons. The first-order valence-corrected chi connectivity index (χ1v) is 6.62. The minimum absolute atomic E-state index is 0.461. The summed E-state index contributed by atoms with van der Waals surface area (Å²) in [7, 11) is 0. The maximum Gasteiger partial charge on any atom is 0.0219 e. The van der Waals surface area contributed by atoms with E-state index in [1.807, 2.05) is 0 Å². The summed E-state index contributed by atoms with van der Waals surface area (Å²) < 4.78 is 1.21. The Hall–Kier alpha value is -1.34. The van der Waals surface area contributed by atoms with Gasteiger partial charge in [0, 0.05) is 10.4 Å². The lowest BCUT2D eigenvalue weighted by molar-refractivity contribution is 1.00. The van der Waals surface area contributed by atoms with Gasteiger partial charge >= 0.3 is 0 Å². The fourth-order valence-corrected chi connectivity index (χ4v) is 3.27. The molecule has 0 saturated carbocycles. The Bertz CT molecular complexity index is 582. The third-order valence-electron chi connectivity index (χ3n) is 3.40. The number of hydrogen-bond acceptors (Lipinski definition) is 0. The normalized spacial score (nSPS) is 17.8. The Kier molecular flexibility index (Phi) is 2.64. The summed E-state index contributed by atoms with van der Waals surface area (Å²) in [5.41, 5.74) is 5.48. The summed E-state index contributed by atoms with van der Waals surface area (Å²) in [6.45, 7) is 2.27. The molecule has 1 atom stereocenters. The molecule has 0 heterocycles. The van der Waals surface area contributed by atoms with Gasteiger partial charge in [0.1, 0.15) is 0 Å². The largest absolute Gasteiger partial charge is 0.0622 e. The van der Waals surface area contributed by atoms with Crippen LogP contribution in [0.3, 0.4) is 0 Å². The predicted octanol–water partition coefficient (Wildman–Crippen LogP) is 5.11. The molecule has 2 aromatic rings. The van der Waals surface area contributed by atoms with Crippen molar-refractivity contribution in [3.8, 4) is 0 Å². The molecule has 1 heteroatoms. The van der Waals surface area contributed by atoms with E-state index in [0.29, 0.717) is 5.92 Å². The highest BCUT2D eigenvalue weighted by molar-refractivity contribution is 9.10. The third kappa shape index (κ3) is 1.75. The first-order chi connectivity index (χ1) is 8.27. The van der Waals surface area contributed by atoms with Crippen molar-refractivity contribution in [3.05, 3.63) is 69.7 Å². The predicted molar refractivity (Wildman–Crippen MR) is 76.9 cm³/mol. The molecule has 0 N–H and O–H groups in total. The molecule has 17 heavy (non-hydrogen) atoms. The van der Waals surface area contributed by atoms with Gasteiger partial charge in [0.05, 0.1) is 0 Å². The molecule has 0 spiro atoms. The molecule has 3 rings (SSSR count). The molecule has 0 saturated heterocycles. The molecule has 0 nitrogen and oxygen atoms in total. The number of halogens is 1. The van der Waals surface area contributed by atoms with Crippen LogP contribution in [0.5, 0.6) is 0 Å². The Morgan fingerprint density at radius 3 is 2.41 bits per heavy atom. The number of allylic oxidation sites excluding steroid dienone is 1. The van der Waals surface area contributed by atoms with Crippen LogP contribution in [0, 0.1) is 0 Å². The van der Waals surface area contributed by atoms with Crippen molar-refractivity contribution < 1.29 is 0 Å². The van der Waals surface area contributed by atoms with Crippen LogP contribution in [0.4, 0.5) is 0 Å². The minimum atomic E-state index is 0.461. The Balaban J connectivity index is 2.11. The fourth-order valence-electron chi connectivity index (χ4n) is 2.55. The molecule has 1 aliphatic carbocycles. The van der Waals surface area contributed by atoms with Gasteiger partial charge in [-0.2, -0.15) is 0 Å². The van der Waals surface area contributed by atoms with E-state index in [2.05, 4.69) is 77.5 Å². The number of rotatable bonds is 1. The SMILES string of the molecule is CC1C(c2ccccc2)=Cc2cccc(Br)c21. The molecule has 0 bridgehead atoms. The highest BCUT2D eigenvalue weighted by Crippen LogP contribution is 2.44. The van der Waals surface area contributed by atoms with Crippen molar-refractivity contribution >= 4 is 27.6 Å². The van der Waals surface area contributed by atoms with Crippen LogP contribution in [0.1, 0.15) is 29.5 Å². The van der Waals surface area contributed by atoms with E-state index in [-0.39, 0.29) is 0 Å². The van der Waals surface area contributed by atoms with E-state index >= 15 is 0 Å². The highest BCUT2D eigenvalue weighted by atomic mass is 79.9. The zero-order valence-corrected chi connectivity index (χ0v) is 11.2. The molecule has 0 aliphatic heterocycles. The average Bonchev–Trinajstić information content (AvgIpc) is 2.69.